The molecule has 10 amide bonds. The molecule has 24 nitrogen and oxygen atoms in total. The molecule has 8 fully saturated rings. The normalized spacial score (nSPS) is 25.7. The Bertz CT molecular complexity index is 3020. The van der Waals surface area contributed by atoms with E-state index in [2.05, 4.69) is 70.2 Å². The molecule has 0 radical (unpaired) electrons. The van der Waals surface area contributed by atoms with Gasteiger partial charge in [-0.1, -0.05) is 147 Å². The van der Waals surface area contributed by atoms with Gasteiger partial charge in [0, 0.05) is 25.2 Å². The standard InChI is InChI=1S/2C36H61N5O7S/c2*1-10-11-15-24(27(42)30(44)37-22-16-17-22)38-29(43)26-25-23(35(25,8)9)20-41(26)31(45)28(33(2,3)4)39-32(46)40-36(18-13-12-14-19-36)21-49(47,48)34(5,6)7/h2*22-26,28H,10-21H2,1-9H3,(H,37,44)(H,38,43)(H2,39,40,46)/t2*23-,24-,25-,26-,28+/m00/s1. The van der Waals surface area contributed by atoms with E-state index in [1.165, 1.54) is 9.80 Å². The molecule has 10 atom stereocenters. The largest absolute Gasteiger partial charge is 0.347 e. The van der Waals surface area contributed by atoms with Crippen molar-refractivity contribution >= 4 is 78.7 Å². The van der Waals surface area contributed by atoms with Crippen LogP contribution in [0.5, 0.6) is 0 Å². The molecule has 0 aromatic rings. The number of fused-ring (bicyclic) bond motifs is 2. The van der Waals surface area contributed by atoms with Crippen molar-refractivity contribution in [2.24, 2.45) is 45.3 Å². The van der Waals surface area contributed by atoms with Gasteiger partial charge < -0.3 is 52.3 Å². The van der Waals surface area contributed by atoms with Gasteiger partial charge in [0.05, 0.1) is 44.2 Å². The molecular weight excluding hydrogens is 1290 g/mol. The van der Waals surface area contributed by atoms with Crippen molar-refractivity contribution in [3.63, 3.8) is 0 Å². The Morgan fingerprint density at radius 2 is 0.765 bits per heavy atom. The summed E-state index contributed by atoms with van der Waals surface area (Å²) in [7, 11) is -7.12. The quantitative estimate of drug-likeness (QED) is 0.0396. The Morgan fingerprint density at radius 1 is 0.459 bits per heavy atom. The molecule has 26 heteroatoms. The number of unbranched alkanes of at least 4 members (excludes halogenated alkanes) is 2. The predicted molar refractivity (Wildman–Crippen MR) is 376 cm³/mol. The first-order valence-corrected chi connectivity index (χ1v) is 39.9. The van der Waals surface area contributed by atoms with E-state index in [-0.39, 0.29) is 58.1 Å². The molecule has 2 aliphatic heterocycles. The van der Waals surface area contributed by atoms with Crippen molar-refractivity contribution in [3.8, 4) is 0 Å². The maximum atomic E-state index is 14.5. The number of carbonyl (C=O) groups is 10. The molecule has 8 N–H and O–H groups in total. The van der Waals surface area contributed by atoms with Crippen molar-refractivity contribution in [2.75, 3.05) is 24.6 Å². The minimum Gasteiger partial charge on any atom is -0.347 e. The second-order valence-electron chi connectivity index (χ2n) is 35.6. The molecule has 2 saturated heterocycles. The van der Waals surface area contributed by atoms with Crippen LogP contribution in [0, 0.1) is 45.3 Å². The molecule has 0 aromatic carbocycles. The zero-order valence-corrected chi connectivity index (χ0v) is 64.0. The van der Waals surface area contributed by atoms with Gasteiger partial charge in [0.2, 0.25) is 35.2 Å². The number of amides is 10. The SMILES string of the molecule is CCCC[C@H](NC(=O)[C@@H]1[C@@H]2[C@H](CN1C(=O)[C@@H](NC(=O)NC1(CS(=O)(=O)C(C)(C)C)CCCCC1)C(C)(C)C)C2(C)C)C(=O)C(=O)NC1CC1.CCCC[C@H](NC(=O)[C@@H]1[C@@H]2[C@H](CN1C(=O)[C@@H](NC(=O)NC1(CS(=O)(=O)C(C)(C)C)CCCCC1)C(C)(C)C)C2(C)C)C(=O)C(=O)NC1CC1. The minimum absolute atomic E-state index is 0.00450. The third-order valence-electron chi connectivity index (χ3n) is 22.7. The predicted octanol–water partition coefficient (Wildman–Crippen LogP) is 7.24. The third-order valence-corrected chi connectivity index (χ3v) is 28.3. The van der Waals surface area contributed by atoms with Gasteiger partial charge >= 0.3 is 12.1 Å². The molecule has 6 aliphatic carbocycles. The highest BCUT2D eigenvalue weighted by Crippen LogP contribution is 2.66. The van der Waals surface area contributed by atoms with E-state index >= 15 is 0 Å². The molecule has 98 heavy (non-hydrogen) atoms. The molecule has 556 valence electrons. The van der Waals surface area contributed by atoms with Crippen LogP contribution >= 0.6 is 0 Å². The van der Waals surface area contributed by atoms with Crippen LogP contribution in [0.2, 0.25) is 0 Å². The number of nitrogens with one attached hydrogen (secondary N) is 8. The van der Waals surface area contributed by atoms with E-state index in [0.717, 1.165) is 77.0 Å². The summed E-state index contributed by atoms with van der Waals surface area (Å²) < 4.78 is 51.3. The van der Waals surface area contributed by atoms with Gasteiger partial charge in [-0.05, 0) is 151 Å². The Labute approximate surface area is 584 Å². The number of rotatable bonds is 26. The lowest BCUT2D eigenvalue weighted by Crippen LogP contribution is -2.64. The maximum absolute atomic E-state index is 14.5. The number of sulfone groups is 2. The Morgan fingerprint density at radius 3 is 1.03 bits per heavy atom. The number of likely N-dealkylation sites (tertiary alicyclic amines) is 2. The number of piperidine rings is 2. The van der Waals surface area contributed by atoms with Crippen LogP contribution in [0.4, 0.5) is 9.59 Å². The van der Waals surface area contributed by atoms with Crippen LogP contribution in [-0.2, 0) is 58.0 Å². The molecule has 8 aliphatic rings. The Kier molecular flexibility index (Phi) is 24.4. The number of Topliss-reactive ketones (excluding diaryl/α,β-unsaturated/α-hetero) is 2. The lowest BCUT2D eigenvalue weighted by atomic mass is 9.83. The monoisotopic (exact) mass is 1410 g/mol. The summed E-state index contributed by atoms with van der Waals surface area (Å²) in [6.07, 6.45) is 13.9. The molecule has 6 saturated carbocycles. The highest BCUT2D eigenvalue weighted by atomic mass is 32.2. The summed E-state index contributed by atoms with van der Waals surface area (Å²) in [6.45, 7) is 33.8. The number of hydrogen-bond acceptors (Lipinski definition) is 14. The van der Waals surface area contributed by atoms with Crippen LogP contribution in [-0.4, -0.2) is 179 Å². The summed E-state index contributed by atoms with van der Waals surface area (Å²) in [5.74, 6) is -5.00. The molecule has 0 spiro atoms. The summed E-state index contributed by atoms with van der Waals surface area (Å²) in [6, 6.07) is -7.00. The van der Waals surface area contributed by atoms with E-state index in [4.69, 9.17) is 0 Å². The summed E-state index contributed by atoms with van der Waals surface area (Å²) in [5, 5.41) is 23.0. The van der Waals surface area contributed by atoms with E-state index < -0.39 is 146 Å². The van der Waals surface area contributed by atoms with Crippen molar-refractivity contribution < 1.29 is 64.8 Å². The van der Waals surface area contributed by atoms with Gasteiger partial charge in [0.1, 0.15) is 24.2 Å². The highest BCUT2D eigenvalue weighted by molar-refractivity contribution is 7.93. The molecule has 2 heterocycles. The van der Waals surface area contributed by atoms with E-state index in [9.17, 15) is 64.8 Å². The number of ketones is 2. The maximum Gasteiger partial charge on any atom is 0.315 e. The second kappa shape index (κ2) is 29.9. The van der Waals surface area contributed by atoms with E-state index in [0.29, 0.717) is 64.5 Å². The smallest absolute Gasteiger partial charge is 0.315 e. The van der Waals surface area contributed by atoms with Crippen molar-refractivity contribution in [1.29, 1.82) is 0 Å². The average Bonchev–Trinajstić information content (AvgIpc) is 1.53. The van der Waals surface area contributed by atoms with Gasteiger partial charge in [-0.15, -0.1) is 0 Å². The first-order valence-electron chi connectivity index (χ1n) is 36.6. The Hall–Kier alpha value is -5.40. The molecule has 0 unspecified atom stereocenters. The zero-order chi connectivity index (χ0) is 73.5. The average molecular weight is 1420 g/mol. The second-order valence-corrected chi connectivity index (χ2v) is 41.1. The van der Waals surface area contributed by atoms with Crippen LogP contribution in [0.15, 0.2) is 0 Å². The van der Waals surface area contributed by atoms with Gasteiger partial charge in [-0.2, -0.15) is 0 Å². The van der Waals surface area contributed by atoms with Gasteiger partial charge in [0.25, 0.3) is 11.8 Å². The fourth-order valence-electron chi connectivity index (χ4n) is 15.5. The molecule has 8 rings (SSSR count). The van der Waals surface area contributed by atoms with Crippen molar-refractivity contribution in [2.45, 2.75) is 322 Å². The lowest BCUT2D eigenvalue weighted by Gasteiger charge is -2.41. The first kappa shape index (κ1) is 79.9. The van der Waals surface area contributed by atoms with Gasteiger partial charge in [-0.3, -0.25) is 38.4 Å². The fraction of sp³-hybridized carbons (Fsp3) is 0.861. The van der Waals surface area contributed by atoms with Gasteiger partial charge in [-0.25, -0.2) is 26.4 Å². The van der Waals surface area contributed by atoms with Crippen molar-refractivity contribution in [3.05, 3.63) is 0 Å². The van der Waals surface area contributed by atoms with Crippen LogP contribution < -0.4 is 42.5 Å². The molecular formula is C72H122N10O14S2. The van der Waals surface area contributed by atoms with Crippen LogP contribution in [0.3, 0.4) is 0 Å². The van der Waals surface area contributed by atoms with Crippen LogP contribution in [0.25, 0.3) is 0 Å². The third kappa shape index (κ3) is 18.8. The summed E-state index contributed by atoms with van der Waals surface area (Å²) in [5.41, 5.74) is -3.80. The minimum atomic E-state index is -3.56. The lowest BCUT2D eigenvalue weighted by molar-refractivity contribution is -0.145. The first-order chi connectivity index (χ1) is 45.1. The van der Waals surface area contributed by atoms with Gasteiger partial charge in [0.15, 0.2) is 19.7 Å². The Balaban J connectivity index is 0.000000276. The fourth-order valence-corrected chi connectivity index (χ4v) is 18.5. The topological polar surface area (TPSA) is 342 Å². The van der Waals surface area contributed by atoms with Crippen LogP contribution in [0.1, 0.15) is 253 Å². The molecule has 0 aromatic heterocycles. The summed E-state index contributed by atoms with van der Waals surface area (Å²) >= 11 is 0. The number of urea groups is 2. The highest BCUT2D eigenvalue weighted by Gasteiger charge is 2.71. The number of hydrogen-bond donors (Lipinski definition) is 8. The molecule has 0 bridgehead atoms. The number of carbonyl (C=O) groups excluding carboxylic acids is 10. The van der Waals surface area contributed by atoms with E-state index in [1.54, 1.807) is 41.5 Å². The zero-order valence-electron chi connectivity index (χ0n) is 62.3. The summed E-state index contributed by atoms with van der Waals surface area (Å²) in [4.78, 5) is 139. The van der Waals surface area contributed by atoms with E-state index in [1.807, 2.05) is 55.4 Å². The van der Waals surface area contributed by atoms with Crippen molar-refractivity contribution in [1.82, 2.24) is 52.3 Å². The number of nitrogens with zero attached hydrogens (tertiary/aromatic N) is 2.